The Hall–Kier alpha value is -3.89. The molecule has 1 saturated heterocycles. The van der Waals surface area contributed by atoms with Gasteiger partial charge in [0, 0.05) is 29.3 Å². The molecular formula is C20H17F2N7O2. The van der Waals surface area contributed by atoms with Crippen LogP contribution in [0, 0.1) is 11.6 Å². The topological polar surface area (TPSA) is 113 Å². The van der Waals surface area contributed by atoms with Crippen LogP contribution in [-0.4, -0.2) is 37.4 Å². The number of nitrogens with zero attached hydrogens (tertiary/aromatic N) is 4. The minimum Gasteiger partial charge on any atom is -0.351 e. The van der Waals surface area contributed by atoms with Crippen molar-refractivity contribution in [1.82, 2.24) is 24.9 Å². The predicted octanol–water partition coefficient (Wildman–Crippen LogP) is 2.02. The molecule has 2 amide bonds. The second-order valence-corrected chi connectivity index (χ2v) is 7.41. The van der Waals surface area contributed by atoms with Gasteiger partial charge in [-0.25, -0.2) is 8.78 Å². The maximum atomic E-state index is 14.0. The lowest BCUT2D eigenvalue weighted by Crippen LogP contribution is -2.19. The second-order valence-electron chi connectivity index (χ2n) is 7.41. The molecule has 3 aromatic rings. The van der Waals surface area contributed by atoms with Crippen molar-refractivity contribution in [3.8, 4) is 0 Å². The number of imide groups is 1. The van der Waals surface area contributed by atoms with Crippen LogP contribution in [0.2, 0.25) is 0 Å². The van der Waals surface area contributed by atoms with Crippen molar-refractivity contribution in [2.24, 2.45) is 0 Å². The maximum absolute atomic E-state index is 14.0. The Balaban J connectivity index is 1.50. The fraction of sp³-hybridized carbons (Fsp3) is 0.250. The van der Waals surface area contributed by atoms with Gasteiger partial charge >= 0.3 is 0 Å². The summed E-state index contributed by atoms with van der Waals surface area (Å²) in [7, 11) is 0. The van der Waals surface area contributed by atoms with Crippen molar-refractivity contribution < 1.29 is 18.4 Å². The van der Waals surface area contributed by atoms with Crippen molar-refractivity contribution >= 4 is 35.4 Å². The van der Waals surface area contributed by atoms with Crippen LogP contribution in [0.25, 0.3) is 11.7 Å². The van der Waals surface area contributed by atoms with Gasteiger partial charge in [-0.05, 0) is 25.0 Å². The summed E-state index contributed by atoms with van der Waals surface area (Å²) < 4.78 is 29.0. The summed E-state index contributed by atoms with van der Waals surface area (Å²) in [5.74, 6) is -2.05. The van der Waals surface area contributed by atoms with Crippen LogP contribution in [0.4, 0.5) is 20.7 Å². The summed E-state index contributed by atoms with van der Waals surface area (Å²) in [4.78, 5) is 32.2. The first-order chi connectivity index (χ1) is 15.0. The van der Waals surface area contributed by atoms with E-state index in [1.54, 1.807) is 6.08 Å². The van der Waals surface area contributed by atoms with E-state index in [0.29, 0.717) is 22.7 Å². The molecule has 0 bridgehead atoms. The molecule has 158 valence electrons. The van der Waals surface area contributed by atoms with Gasteiger partial charge in [0.2, 0.25) is 17.8 Å². The van der Waals surface area contributed by atoms with E-state index in [1.807, 2.05) is 0 Å². The average Bonchev–Trinajstić information content (AvgIpc) is 3.37. The van der Waals surface area contributed by atoms with Gasteiger partial charge in [-0.3, -0.25) is 14.9 Å². The Morgan fingerprint density at radius 2 is 2.06 bits per heavy atom. The van der Waals surface area contributed by atoms with E-state index in [9.17, 15) is 18.4 Å². The van der Waals surface area contributed by atoms with Crippen LogP contribution in [0.5, 0.6) is 0 Å². The Bertz CT molecular complexity index is 1250. The molecule has 0 spiro atoms. The number of anilines is 2. The van der Waals surface area contributed by atoms with E-state index >= 15 is 0 Å². The summed E-state index contributed by atoms with van der Waals surface area (Å²) >= 11 is 0. The molecule has 3 N–H and O–H groups in total. The highest BCUT2D eigenvalue weighted by Crippen LogP contribution is 2.26. The molecule has 5 rings (SSSR count). The van der Waals surface area contributed by atoms with E-state index < -0.39 is 17.5 Å². The number of rotatable bonds is 6. The van der Waals surface area contributed by atoms with E-state index in [4.69, 9.17) is 0 Å². The number of benzene rings is 1. The van der Waals surface area contributed by atoms with Gasteiger partial charge in [-0.2, -0.15) is 19.6 Å². The highest BCUT2D eigenvalue weighted by molar-refractivity contribution is 6.15. The smallest absolute Gasteiger partial charge is 0.254 e. The average molecular weight is 425 g/mol. The number of hydrogen-bond donors (Lipinski definition) is 3. The van der Waals surface area contributed by atoms with E-state index in [2.05, 4.69) is 31.0 Å². The molecule has 2 aliphatic rings. The number of carbonyl (C=O) groups is 2. The van der Waals surface area contributed by atoms with Crippen molar-refractivity contribution in [3.05, 3.63) is 52.7 Å². The molecular weight excluding hydrogens is 408 g/mol. The fourth-order valence-electron chi connectivity index (χ4n) is 3.25. The first-order valence-corrected chi connectivity index (χ1v) is 9.72. The fourth-order valence-corrected chi connectivity index (χ4v) is 3.25. The van der Waals surface area contributed by atoms with Crippen molar-refractivity contribution in [1.29, 1.82) is 0 Å². The number of amides is 2. The van der Waals surface area contributed by atoms with Crippen molar-refractivity contribution in [2.45, 2.75) is 31.8 Å². The van der Waals surface area contributed by atoms with Gasteiger partial charge in [0.1, 0.15) is 0 Å². The Morgan fingerprint density at radius 1 is 1.23 bits per heavy atom. The molecule has 11 heteroatoms. The predicted molar refractivity (Wildman–Crippen MR) is 107 cm³/mol. The highest BCUT2D eigenvalue weighted by Gasteiger charge is 2.26. The maximum Gasteiger partial charge on any atom is 0.254 e. The molecule has 1 aromatic carbocycles. The van der Waals surface area contributed by atoms with Crippen LogP contribution in [0.15, 0.2) is 30.0 Å². The standard InChI is InChI=1S/C20H17F2N7O2/c21-14-3-1-2-10(16(14)22)8-23-19-27-17-12(6-11-7-15(30)26-18(11)31)9-24-29(17)20(28-19)25-13-4-5-13/h1-3,6,9,13H,4-5,7-8H2,(H,26,30,31)(H2,23,25,27,28)/b11-6+. The van der Waals surface area contributed by atoms with E-state index in [-0.39, 0.29) is 36.4 Å². The zero-order chi connectivity index (χ0) is 21.5. The number of carbonyl (C=O) groups excluding carboxylic acids is 2. The minimum absolute atomic E-state index is 0.0155. The van der Waals surface area contributed by atoms with Gasteiger partial charge in [-0.15, -0.1) is 0 Å². The van der Waals surface area contributed by atoms with Crippen LogP contribution in [0.3, 0.4) is 0 Å². The number of halogens is 2. The number of aromatic nitrogens is 4. The normalized spacial score (nSPS) is 17.4. The quantitative estimate of drug-likeness (QED) is 0.409. The molecule has 1 saturated carbocycles. The molecule has 0 unspecified atom stereocenters. The first kappa shape index (κ1) is 19.1. The number of nitrogens with one attached hydrogen (secondary N) is 3. The second kappa shape index (κ2) is 7.42. The molecule has 31 heavy (non-hydrogen) atoms. The molecule has 9 nitrogen and oxygen atoms in total. The summed E-state index contributed by atoms with van der Waals surface area (Å²) in [5, 5.41) is 12.7. The minimum atomic E-state index is -0.931. The summed E-state index contributed by atoms with van der Waals surface area (Å²) in [6.07, 6.45) is 5.08. The molecule has 0 radical (unpaired) electrons. The zero-order valence-electron chi connectivity index (χ0n) is 16.2. The van der Waals surface area contributed by atoms with Crippen molar-refractivity contribution in [2.75, 3.05) is 10.6 Å². The summed E-state index contributed by atoms with van der Waals surface area (Å²) in [6, 6.07) is 4.22. The lowest BCUT2D eigenvalue weighted by atomic mass is 10.1. The molecule has 2 fully saturated rings. The third-order valence-corrected chi connectivity index (χ3v) is 5.00. The summed E-state index contributed by atoms with van der Waals surface area (Å²) in [5.41, 5.74) is 1.38. The molecule has 2 aromatic heterocycles. The molecule has 0 atom stereocenters. The largest absolute Gasteiger partial charge is 0.351 e. The van der Waals surface area contributed by atoms with Crippen LogP contribution in [0.1, 0.15) is 30.4 Å². The Labute approximate surface area is 174 Å². The zero-order valence-corrected chi connectivity index (χ0v) is 16.2. The summed E-state index contributed by atoms with van der Waals surface area (Å²) in [6.45, 7) is -0.0237. The number of hydrogen-bond acceptors (Lipinski definition) is 7. The van der Waals surface area contributed by atoms with E-state index in [1.165, 1.54) is 22.8 Å². The van der Waals surface area contributed by atoms with Crippen LogP contribution >= 0.6 is 0 Å². The van der Waals surface area contributed by atoms with Gasteiger partial charge in [0.05, 0.1) is 12.6 Å². The van der Waals surface area contributed by atoms with Gasteiger partial charge in [0.15, 0.2) is 17.3 Å². The third-order valence-electron chi connectivity index (χ3n) is 5.00. The lowest BCUT2D eigenvalue weighted by Gasteiger charge is -2.11. The highest BCUT2D eigenvalue weighted by atomic mass is 19.2. The SMILES string of the molecule is O=C1C/C(=C\c2cnn3c(NC4CC4)nc(NCc4cccc(F)c4F)nc23)C(=O)N1. The monoisotopic (exact) mass is 425 g/mol. The van der Waals surface area contributed by atoms with E-state index in [0.717, 1.165) is 18.9 Å². The molecule has 1 aliphatic heterocycles. The van der Waals surface area contributed by atoms with Crippen molar-refractivity contribution in [3.63, 3.8) is 0 Å². The molecule has 1 aliphatic carbocycles. The van der Waals surface area contributed by atoms with Crippen LogP contribution < -0.4 is 16.0 Å². The van der Waals surface area contributed by atoms with Gasteiger partial charge < -0.3 is 10.6 Å². The van der Waals surface area contributed by atoms with Crippen LogP contribution in [-0.2, 0) is 16.1 Å². The number of fused-ring (bicyclic) bond motifs is 1. The lowest BCUT2D eigenvalue weighted by molar-refractivity contribution is -0.124. The van der Waals surface area contributed by atoms with Gasteiger partial charge in [0.25, 0.3) is 5.91 Å². The Kier molecular flexibility index (Phi) is 4.57. The molecule has 3 heterocycles. The third kappa shape index (κ3) is 3.81. The van der Waals surface area contributed by atoms with Gasteiger partial charge in [-0.1, -0.05) is 12.1 Å². The Morgan fingerprint density at radius 3 is 2.81 bits per heavy atom. The first-order valence-electron chi connectivity index (χ1n) is 9.72.